The first kappa shape index (κ1) is 15.6. The quantitative estimate of drug-likeness (QED) is 0.716. The molecule has 3 aromatic rings. The molecule has 24 heavy (non-hydrogen) atoms. The summed E-state index contributed by atoms with van der Waals surface area (Å²) >= 11 is 0. The predicted molar refractivity (Wildman–Crippen MR) is 77.8 cm³/mol. The van der Waals surface area contributed by atoms with Crippen molar-refractivity contribution in [2.45, 2.75) is 6.43 Å². The third kappa shape index (κ3) is 3.72. The summed E-state index contributed by atoms with van der Waals surface area (Å²) < 4.78 is 34.2. The zero-order valence-corrected chi connectivity index (χ0v) is 12.1. The van der Waals surface area contributed by atoms with Crippen molar-refractivity contribution in [1.29, 1.82) is 0 Å². The molecule has 0 saturated heterocycles. The van der Waals surface area contributed by atoms with Gasteiger partial charge >= 0.3 is 0 Å². The second-order valence-corrected chi connectivity index (χ2v) is 4.52. The fourth-order valence-corrected chi connectivity index (χ4v) is 1.79. The maximum atomic E-state index is 12.1. The van der Waals surface area contributed by atoms with E-state index >= 15 is 0 Å². The molecule has 0 unspecified atom stereocenters. The topological polar surface area (TPSA) is 106 Å². The second-order valence-electron chi connectivity index (χ2n) is 4.52. The molecule has 0 aliphatic heterocycles. The van der Waals surface area contributed by atoms with Gasteiger partial charge in [-0.05, 0) is 18.2 Å². The number of ether oxygens (including phenoxy) is 1. The molecule has 124 valence electrons. The largest absolute Gasteiger partial charge is 0.472 e. The number of anilines is 1. The van der Waals surface area contributed by atoms with Crippen LogP contribution in [-0.4, -0.2) is 39.1 Å². The molecule has 3 heterocycles. The number of H-pyrrole nitrogens is 1. The van der Waals surface area contributed by atoms with Gasteiger partial charge in [0, 0.05) is 17.8 Å². The zero-order chi connectivity index (χ0) is 16.9. The molecular formula is C14H11F2N5O3. The van der Waals surface area contributed by atoms with Crippen molar-refractivity contribution in [3.8, 4) is 17.5 Å². The normalized spacial score (nSPS) is 10.8. The summed E-state index contributed by atoms with van der Waals surface area (Å²) in [6, 6.07) is 6.03. The number of hydrogen-bond acceptors (Lipinski definition) is 6. The van der Waals surface area contributed by atoms with Gasteiger partial charge in [0.1, 0.15) is 0 Å². The van der Waals surface area contributed by atoms with E-state index in [9.17, 15) is 13.6 Å². The van der Waals surface area contributed by atoms with Gasteiger partial charge in [0.25, 0.3) is 12.3 Å². The Bertz CT molecular complexity index is 819. The molecule has 0 aromatic carbocycles. The van der Waals surface area contributed by atoms with Crippen molar-refractivity contribution in [2.75, 3.05) is 11.9 Å². The number of pyridine rings is 1. The zero-order valence-electron chi connectivity index (χ0n) is 12.1. The van der Waals surface area contributed by atoms with E-state index in [-0.39, 0.29) is 17.4 Å². The Hall–Kier alpha value is -3.30. The molecule has 0 fully saturated rings. The van der Waals surface area contributed by atoms with Crippen LogP contribution in [0.5, 0.6) is 5.88 Å². The van der Waals surface area contributed by atoms with E-state index in [1.54, 1.807) is 12.1 Å². The van der Waals surface area contributed by atoms with Crippen LogP contribution in [0.3, 0.4) is 0 Å². The Kier molecular flexibility index (Phi) is 4.45. The van der Waals surface area contributed by atoms with Gasteiger partial charge in [-0.15, -0.1) is 5.10 Å². The first-order chi connectivity index (χ1) is 11.6. The number of carbonyl (C=O) groups is 1. The molecule has 0 radical (unpaired) electrons. The molecule has 2 N–H and O–H groups in total. The maximum Gasteiger partial charge on any atom is 0.272 e. The van der Waals surface area contributed by atoms with Gasteiger partial charge in [-0.2, -0.15) is 4.98 Å². The fraction of sp³-hybridized carbons (Fsp3) is 0.143. The molecule has 0 spiro atoms. The molecule has 0 aliphatic rings. The molecule has 0 atom stereocenters. The number of rotatable bonds is 6. The smallest absolute Gasteiger partial charge is 0.272 e. The summed E-state index contributed by atoms with van der Waals surface area (Å²) in [5.41, 5.74) is 0.165. The van der Waals surface area contributed by atoms with E-state index in [0.29, 0.717) is 11.6 Å². The summed E-state index contributed by atoms with van der Waals surface area (Å²) in [6.07, 6.45) is 0.133. The lowest BCUT2D eigenvalue weighted by Crippen LogP contribution is -2.14. The van der Waals surface area contributed by atoms with E-state index in [4.69, 9.17) is 9.15 Å². The lowest BCUT2D eigenvalue weighted by atomic mass is 10.2. The lowest BCUT2D eigenvalue weighted by Gasteiger charge is -2.06. The van der Waals surface area contributed by atoms with Crippen LogP contribution in [0, 0.1) is 0 Å². The highest BCUT2D eigenvalue weighted by atomic mass is 19.3. The van der Waals surface area contributed by atoms with E-state index < -0.39 is 18.9 Å². The average Bonchev–Trinajstić information content (AvgIpc) is 3.24. The summed E-state index contributed by atoms with van der Waals surface area (Å²) in [5, 5.41) is 8.93. The third-order valence-electron chi connectivity index (χ3n) is 2.82. The van der Waals surface area contributed by atoms with Crippen molar-refractivity contribution < 1.29 is 22.7 Å². The van der Waals surface area contributed by atoms with E-state index in [2.05, 4.69) is 25.5 Å². The molecule has 10 heteroatoms. The van der Waals surface area contributed by atoms with Crippen LogP contribution < -0.4 is 10.1 Å². The number of halogens is 2. The summed E-state index contributed by atoms with van der Waals surface area (Å²) in [4.78, 5) is 20.0. The lowest BCUT2D eigenvalue weighted by molar-refractivity contribution is 0.0795. The number of furan rings is 1. The van der Waals surface area contributed by atoms with Crippen LogP contribution in [0.15, 0.2) is 41.1 Å². The van der Waals surface area contributed by atoms with Gasteiger partial charge in [-0.1, -0.05) is 0 Å². The van der Waals surface area contributed by atoms with Crippen LogP contribution in [-0.2, 0) is 0 Å². The molecule has 0 aliphatic carbocycles. The van der Waals surface area contributed by atoms with Crippen LogP contribution in [0.2, 0.25) is 0 Å². The number of aromatic nitrogens is 4. The maximum absolute atomic E-state index is 12.1. The minimum atomic E-state index is -2.63. The van der Waals surface area contributed by atoms with Crippen LogP contribution >= 0.6 is 0 Å². The first-order valence-electron chi connectivity index (χ1n) is 6.76. The standard InChI is InChI=1S/C14H11F2N5O3/c15-10(16)7-24-11-6-8(3-4-17-11)13(22)19-14-18-12(20-21-14)9-2-1-5-23-9/h1-6,10H,7H2,(H2,18,19,20,21,22). The van der Waals surface area contributed by atoms with Crippen LogP contribution in [0.4, 0.5) is 14.7 Å². The van der Waals surface area contributed by atoms with Gasteiger partial charge in [-0.25, -0.2) is 13.8 Å². The first-order valence-corrected chi connectivity index (χ1v) is 6.76. The van der Waals surface area contributed by atoms with Crippen LogP contribution in [0.25, 0.3) is 11.6 Å². The predicted octanol–water partition coefficient (Wildman–Crippen LogP) is 2.36. The minimum Gasteiger partial charge on any atom is -0.472 e. The Balaban J connectivity index is 1.68. The number of amides is 1. The summed E-state index contributed by atoms with van der Waals surface area (Å²) in [6.45, 7) is -0.800. The van der Waals surface area contributed by atoms with Crippen molar-refractivity contribution >= 4 is 11.9 Å². The molecule has 8 nitrogen and oxygen atoms in total. The Morgan fingerprint density at radius 2 is 2.29 bits per heavy atom. The van der Waals surface area contributed by atoms with Crippen molar-refractivity contribution in [3.05, 3.63) is 42.3 Å². The molecule has 0 saturated carbocycles. The third-order valence-corrected chi connectivity index (χ3v) is 2.82. The Labute approximate surface area is 133 Å². The number of nitrogens with one attached hydrogen (secondary N) is 2. The number of alkyl halides is 2. The van der Waals surface area contributed by atoms with E-state index in [1.807, 2.05) is 0 Å². The van der Waals surface area contributed by atoms with Crippen molar-refractivity contribution in [1.82, 2.24) is 20.2 Å². The number of carbonyl (C=O) groups excluding carboxylic acids is 1. The van der Waals surface area contributed by atoms with Crippen molar-refractivity contribution in [2.24, 2.45) is 0 Å². The SMILES string of the molecule is O=C(Nc1n[nH]c(-c2ccco2)n1)c1ccnc(OCC(F)F)c1. The highest BCUT2D eigenvalue weighted by molar-refractivity contribution is 6.03. The van der Waals surface area contributed by atoms with Gasteiger partial charge in [0.05, 0.1) is 6.26 Å². The van der Waals surface area contributed by atoms with Gasteiger partial charge in [-0.3, -0.25) is 15.2 Å². The van der Waals surface area contributed by atoms with Crippen LogP contribution in [0.1, 0.15) is 10.4 Å². The van der Waals surface area contributed by atoms with Crippen molar-refractivity contribution in [3.63, 3.8) is 0 Å². The van der Waals surface area contributed by atoms with Gasteiger partial charge in [0.2, 0.25) is 11.8 Å². The Morgan fingerprint density at radius 3 is 3.04 bits per heavy atom. The summed E-state index contributed by atoms with van der Waals surface area (Å²) in [5.74, 6) is 0.248. The minimum absolute atomic E-state index is 0.0401. The molecular weight excluding hydrogens is 324 g/mol. The highest BCUT2D eigenvalue weighted by Crippen LogP contribution is 2.17. The molecule has 3 rings (SSSR count). The fourth-order valence-electron chi connectivity index (χ4n) is 1.79. The Morgan fingerprint density at radius 1 is 1.42 bits per heavy atom. The highest BCUT2D eigenvalue weighted by Gasteiger charge is 2.13. The number of aromatic amines is 1. The molecule has 3 aromatic heterocycles. The van der Waals surface area contributed by atoms with Gasteiger partial charge < -0.3 is 9.15 Å². The monoisotopic (exact) mass is 335 g/mol. The number of nitrogens with zero attached hydrogens (tertiary/aromatic N) is 3. The average molecular weight is 335 g/mol. The number of hydrogen-bond donors (Lipinski definition) is 2. The summed E-state index contributed by atoms with van der Waals surface area (Å²) in [7, 11) is 0. The van der Waals surface area contributed by atoms with Gasteiger partial charge in [0.15, 0.2) is 18.2 Å². The second kappa shape index (κ2) is 6.86. The molecule has 0 bridgehead atoms. The van der Waals surface area contributed by atoms with E-state index in [1.165, 1.54) is 24.6 Å². The molecule has 1 amide bonds. The van der Waals surface area contributed by atoms with E-state index in [0.717, 1.165) is 0 Å².